The maximum absolute atomic E-state index is 12.5. The molecule has 0 bridgehead atoms. The van der Waals surface area contributed by atoms with Crippen molar-refractivity contribution in [2.45, 2.75) is 6.92 Å². The van der Waals surface area contributed by atoms with Gasteiger partial charge < -0.3 is 15.4 Å². The number of terminal acetylenes is 1. The highest BCUT2D eigenvalue weighted by Crippen LogP contribution is 2.31. The number of benzene rings is 2. The largest absolute Gasteiger partial charge is 0.457 e. The van der Waals surface area contributed by atoms with E-state index < -0.39 is 5.91 Å². The molecule has 0 aliphatic carbocycles. The van der Waals surface area contributed by atoms with Crippen LogP contribution >= 0.6 is 0 Å². The van der Waals surface area contributed by atoms with Gasteiger partial charge in [-0.1, -0.05) is 11.8 Å². The van der Waals surface area contributed by atoms with E-state index in [4.69, 9.17) is 11.2 Å². The molecule has 4 aromatic rings. The number of fused-ring (bicyclic) bond motifs is 1. The molecule has 0 spiro atoms. The SMILES string of the molecule is C#Cc1ccnc(NC(=O)c2ccc(Oc3ccnc4ccc(NC(=O)C#CC)cc34)cc2)c1. The van der Waals surface area contributed by atoms with Crippen molar-refractivity contribution >= 4 is 34.2 Å². The predicted octanol–water partition coefficient (Wildman–Crippen LogP) is 4.62. The van der Waals surface area contributed by atoms with Crippen LogP contribution in [0.5, 0.6) is 11.5 Å². The lowest BCUT2D eigenvalue weighted by atomic mass is 10.1. The minimum atomic E-state index is -0.400. The Morgan fingerprint density at radius 3 is 2.50 bits per heavy atom. The zero-order valence-corrected chi connectivity index (χ0v) is 18.1. The molecule has 7 nitrogen and oxygen atoms in total. The lowest BCUT2D eigenvalue weighted by molar-refractivity contribution is -0.111. The molecule has 2 aromatic carbocycles. The van der Waals surface area contributed by atoms with Gasteiger partial charge in [0.1, 0.15) is 17.3 Å². The molecule has 0 fully saturated rings. The Balaban J connectivity index is 1.51. The van der Waals surface area contributed by atoms with Crippen molar-refractivity contribution in [2.24, 2.45) is 0 Å². The first-order valence-corrected chi connectivity index (χ1v) is 10.2. The van der Waals surface area contributed by atoms with E-state index in [2.05, 4.69) is 38.4 Å². The summed E-state index contributed by atoms with van der Waals surface area (Å²) in [7, 11) is 0. The molecule has 4 rings (SSSR count). The van der Waals surface area contributed by atoms with E-state index in [0.29, 0.717) is 45.0 Å². The zero-order chi connectivity index (χ0) is 23.9. The van der Waals surface area contributed by atoms with Gasteiger partial charge in [-0.2, -0.15) is 0 Å². The summed E-state index contributed by atoms with van der Waals surface area (Å²) in [6.45, 7) is 1.60. The summed E-state index contributed by atoms with van der Waals surface area (Å²) in [6, 6.07) is 17.0. The lowest BCUT2D eigenvalue weighted by Gasteiger charge is -2.11. The first kappa shape index (κ1) is 22.1. The summed E-state index contributed by atoms with van der Waals surface area (Å²) in [4.78, 5) is 32.8. The fraction of sp³-hybridized carbons (Fsp3) is 0.0370. The van der Waals surface area contributed by atoms with Gasteiger partial charge in [-0.25, -0.2) is 4.98 Å². The maximum Gasteiger partial charge on any atom is 0.300 e. The summed E-state index contributed by atoms with van der Waals surface area (Å²) in [6.07, 6.45) is 8.56. The van der Waals surface area contributed by atoms with Gasteiger partial charge in [-0.05, 0) is 73.5 Å². The Morgan fingerprint density at radius 2 is 1.74 bits per heavy atom. The van der Waals surface area contributed by atoms with Gasteiger partial charge in [0, 0.05) is 34.6 Å². The molecule has 2 aromatic heterocycles. The van der Waals surface area contributed by atoms with Gasteiger partial charge in [-0.3, -0.25) is 14.6 Å². The lowest BCUT2D eigenvalue weighted by Crippen LogP contribution is -2.12. The van der Waals surface area contributed by atoms with Crippen LogP contribution in [-0.4, -0.2) is 21.8 Å². The number of pyridine rings is 2. The Hall–Kier alpha value is -5.14. The molecule has 0 aliphatic rings. The van der Waals surface area contributed by atoms with Crippen molar-refractivity contribution < 1.29 is 14.3 Å². The molecule has 34 heavy (non-hydrogen) atoms. The zero-order valence-electron chi connectivity index (χ0n) is 18.1. The number of carbonyl (C=O) groups excluding carboxylic acids is 2. The van der Waals surface area contributed by atoms with E-state index in [1.165, 1.54) is 6.20 Å². The van der Waals surface area contributed by atoms with Gasteiger partial charge in [0.05, 0.1) is 5.52 Å². The summed E-state index contributed by atoms with van der Waals surface area (Å²) >= 11 is 0. The van der Waals surface area contributed by atoms with Crippen LogP contribution in [0.3, 0.4) is 0 Å². The Kier molecular flexibility index (Phi) is 6.48. The third kappa shape index (κ3) is 5.18. The number of aromatic nitrogens is 2. The van der Waals surface area contributed by atoms with Crippen molar-refractivity contribution in [3.63, 3.8) is 0 Å². The predicted molar refractivity (Wildman–Crippen MR) is 130 cm³/mol. The monoisotopic (exact) mass is 446 g/mol. The van der Waals surface area contributed by atoms with Crippen LogP contribution < -0.4 is 15.4 Å². The van der Waals surface area contributed by atoms with Gasteiger partial charge in [-0.15, -0.1) is 6.42 Å². The molecule has 0 radical (unpaired) electrons. The topological polar surface area (TPSA) is 93.2 Å². The van der Waals surface area contributed by atoms with E-state index in [9.17, 15) is 9.59 Å². The molecular weight excluding hydrogens is 428 g/mol. The fourth-order valence-electron chi connectivity index (χ4n) is 3.14. The molecule has 0 unspecified atom stereocenters. The third-order valence-electron chi connectivity index (χ3n) is 4.71. The number of carbonyl (C=O) groups is 2. The van der Waals surface area contributed by atoms with E-state index in [1.807, 2.05) is 0 Å². The van der Waals surface area contributed by atoms with E-state index in [1.54, 1.807) is 73.8 Å². The Morgan fingerprint density at radius 1 is 0.941 bits per heavy atom. The van der Waals surface area contributed by atoms with Crippen LogP contribution in [0.4, 0.5) is 11.5 Å². The van der Waals surface area contributed by atoms with E-state index in [0.717, 1.165) is 0 Å². The summed E-state index contributed by atoms with van der Waals surface area (Å²) in [5.74, 6) is 8.24. The Bertz CT molecular complexity index is 1490. The van der Waals surface area contributed by atoms with Gasteiger partial charge >= 0.3 is 0 Å². The van der Waals surface area contributed by atoms with Crippen LogP contribution in [0, 0.1) is 24.2 Å². The third-order valence-corrected chi connectivity index (χ3v) is 4.71. The average molecular weight is 446 g/mol. The number of anilines is 2. The van der Waals surface area contributed by atoms with Crippen molar-refractivity contribution in [2.75, 3.05) is 10.6 Å². The molecule has 0 aliphatic heterocycles. The summed E-state index contributed by atoms with van der Waals surface area (Å²) in [5.41, 5.74) is 2.34. The number of nitrogens with zero attached hydrogens (tertiary/aromatic N) is 2. The van der Waals surface area contributed by atoms with E-state index in [-0.39, 0.29) is 5.91 Å². The van der Waals surface area contributed by atoms with Crippen LogP contribution in [0.15, 0.2) is 73.1 Å². The van der Waals surface area contributed by atoms with Crippen LogP contribution in [0.1, 0.15) is 22.8 Å². The van der Waals surface area contributed by atoms with Crippen LogP contribution in [0.25, 0.3) is 10.9 Å². The number of amides is 2. The fourth-order valence-corrected chi connectivity index (χ4v) is 3.14. The number of rotatable bonds is 5. The second-order valence-corrected chi connectivity index (χ2v) is 7.02. The standard InChI is InChI=1S/C27H18N4O3/c1-3-5-26(32)30-20-8-11-23-22(17-20)24(13-15-28-23)34-21-9-6-19(7-10-21)27(33)31-25-16-18(4-2)12-14-29-25/h2,6-17H,1H3,(H,30,32)(H,29,31,33). The second kappa shape index (κ2) is 9.99. The van der Waals surface area contributed by atoms with Crippen LogP contribution in [-0.2, 0) is 4.79 Å². The van der Waals surface area contributed by atoms with Crippen molar-refractivity contribution in [1.29, 1.82) is 0 Å². The molecule has 0 saturated heterocycles. The molecule has 7 heteroatoms. The quantitative estimate of drug-likeness (QED) is 0.437. The highest BCUT2D eigenvalue weighted by molar-refractivity contribution is 6.05. The molecule has 2 heterocycles. The minimum Gasteiger partial charge on any atom is -0.457 e. The van der Waals surface area contributed by atoms with Crippen molar-refractivity contribution in [3.8, 4) is 35.7 Å². The second-order valence-electron chi connectivity index (χ2n) is 7.02. The summed E-state index contributed by atoms with van der Waals surface area (Å²) in [5, 5.41) is 6.15. The van der Waals surface area contributed by atoms with Gasteiger partial charge in [0.2, 0.25) is 0 Å². The Labute approximate surface area is 196 Å². The number of hydrogen-bond donors (Lipinski definition) is 2. The molecular formula is C27H18N4O3. The number of hydrogen-bond acceptors (Lipinski definition) is 5. The van der Waals surface area contributed by atoms with Crippen molar-refractivity contribution in [3.05, 3.63) is 84.2 Å². The molecule has 164 valence electrons. The maximum atomic E-state index is 12.5. The highest BCUT2D eigenvalue weighted by Gasteiger charge is 2.10. The summed E-state index contributed by atoms with van der Waals surface area (Å²) < 4.78 is 6.04. The molecule has 0 saturated carbocycles. The van der Waals surface area contributed by atoms with Crippen LogP contribution in [0.2, 0.25) is 0 Å². The minimum absolute atomic E-state index is 0.321. The first-order valence-electron chi connectivity index (χ1n) is 10.2. The van der Waals surface area contributed by atoms with Gasteiger partial charge in [0.15, 0.2) is 0 Å². The number of ether oxygens (including phenoxy) is 1. The normalized spacial score (nSPS) is 9.88. The highest BCUT2D eigenvalue weighted by atomic mass is 16.5. The molecule has 2 amide bonds. The first-order chi connectivity index (χ1) is 16.6. The van der Waals surface area contributed by atoms with E-state index >= 15 is 0 Å². The van der Waals surface area contributed by atoms with Crippen molar-refractivity contribution in [1.82, 2.24) is 9.97 Å². The molecule has 2 N–H and O–H groups in total. The average Bonchev–Trinajstić information content (AvgIpc) is 2.85. The number of nitrogens with one attached hydrogen (secondary N) is 2. The van der Waals surface area contributed by atoms with Gasteiger partial charge in [0.25, 0.3) is 11.8 Å². The smallest absolute Gasteiger partial charge is 0.300 e. The molecule has 0 atom stereocenters.